The summed E-state index contributed by atoms with van der Waals surface area (Å²) in [5.74, 6) is -0.0770. The summed E-state index contributed by atoms with van der Waals surface area (Å²) in [6, 6.07) is 10.4. The number of hydrogen-bond donors (Lipinski definition) is 2. The zero-order chi connectivity index (χ0) is 14.3. The number of nitrogens with one attached hydrogen (secondary N) is 1. The third-order valence-corrected chi connectivity index (χ3v) is 4.14. The van der Waals surface area contributed by atoms with Crippen molar-refractivity contribution in [1.82, 2.24) is 5.32 Å². The molecule has 19 heavy (non-hydrogen) atoms. The maximum absolute atomic E-state index is 11.9. The van der Waals surface area contributed by atoms with Gasteiger partial charge in [0, 0.05) is 24.4 Å². The normalized spacial score (nSPS) is 13.1. The van der Waals surface area contributed by atoms with Gasteiger partial charge in [-0.25, -0.2) is 0 Å². The van der Waals surface area contributed by atoms with Gasteiger partial charge in [0.2, 0.25) is 5.91 Å². The van der Waals surface area contributed by atoms with E-state index in [1.54, 1.807) is 0 Å². The van der Waals surface area contributed by atoms with E-state index in [9.17, 15) is 4.79 Å². The Morgan fingerprint density at radius 2 is 1.84 bits per heavy atom. The van der Waals surface area contributed by atoms with Crippen LogP contribution in [0.1, 0.15) is 39.2 Å². The third-order valence-electron chi connectivity index (χ3n) is 4.14. The molecule has 1 rings (SSSR count). The molecule has 1 aromatic rings. The Bertz CT molecular complexity index is 385. The van der Waals surface area contributed by atoms with Gasteiger partial charge in [-0.05, 0) is 18.4 Å². The van der Waals surface area contributed by atoms with Crippen LogP contribution >= 0.6 is 0 Å². The van der Waals surface area contributed by atoms with Crippen LogP contribution in [-0.2, 0) is 10.2 Å². The maximum Gasteiger partial charge on any atom is 0.224 e. The van der Waals surface area contributed by atoms with Crippen LogP contribution in [0.2, 0.25) is 0 Å². The van der Waals surface area contributed by atoms with Gasteiger partial charge in [-0.3, -0.25) is 4.79 Å². The van der Waals surface area contributed by atoms with Crippen molar-refractivity contribution in [2.75, 3.05) is 13.1 Å². The van der Waals surface area contributed by atoms with Crippen LogP contribution in [0.25, 0.3) is 0 Å². The standard InChI is InChI=1S/C16H26N2O/c1-4-16(5-2,14-9-7-6-8-10-14)12-18-15(19)13(3)11-17/h6-10,13H,4-5,11-12,17H2,1-3H3,(H,18,19). The highest BCUT2D eigenvalue weighted by Crippen LogP contribution is 2.30. The molecule has 0 aliphatic rings. The van der Waals surface area contributed by atoms with Gasteiger partial charge in [-0.15, -0.1) is 0 Å². The van der Waals surface area contributed by atoms with Gasteiger partial charge in [0.05, 0.1) is 0 Å². The number of carbonyl (C=O) groups is 1. The number of nitrogens with two attached hydrogens (primary N) is 1. The van der Waals surface area contributed by atoms with Gasteiger partial charge < -0.3 is 11.1 Å². The number of carbonyl (C=O) groups excluding carboxylic acids is 1. The van der Waals surface area contributed by atoms with Crippen molar-refractivity contribution in [3.05, 3.63) is 35.9 Å². The number of amides is 1. The van der Waals surface area contributed by atoms with Gasteiger partial charge in [0.15, 0.2) is 0 Å². The maximum atomic E-state index is 11.9. The second-order valence-electron chi connectivity index (χ2n) is 5.21. The first-order valence-corrected chi connectivity index (χ1v) is 7.13. The van der Waals surface area contributed by atoms with E-state index in [0.29, 0.717) is 13.1 Å². The average molecular weight is 262 g/mol. The zero-order valence-electron chi connectivity index (χ0n) is 12.3. The van der Waals surface area contributed by atoms with Gasteiger partial charge in [-0.2, -0.15) is 0 Å². The average Bonchev–Trinajstić information content (AvgIpc) is 2.48. The Labute approximate surface area is 116 Å². The lowest BCUT2D eigenvalue weighted by Gasteiger charge is -2.33. The van der Waals surface area contributed by atoms with E-state index >= 15 is 0 Å². The zero-order valence-corrected chi connectivity index (χ0v) is 12.3. The summed E-state index contributed by atoms with van der Waals surface area (Å²) < 4.78 is 0. The Kier molecular flexibility index (Phi) is 6.03. The molecule has 0 radical (unpaired) electrons. The minimum atomic E-state index is -0.123. The van der Waals surface area contributed by atoms with E-state index in [0.717, 1.165) is 12.8 Å². The fraction of sp³-hybridized carbons (Fsp3) is 0.562. The minimum absolute atomic E-state index is 0.0191. The second kappa shape index (κ2) is 7.29. The van der Waals surface area contributed by atoms with Crippen molar-refractivity contribution in [3.63, 3.8) is 0 Å². The topological polar surface area (TPSA) is 55.1 Å². The van der Waals surface area contributed by atoms with Crippen molar-refractivity contribution < 1.29 is 4.79 Å². The highest BCUT2D eigenvalue weighted by Gasteiger charge is 2.29. The molecule has 0 fully saturated rings. The summed E-state index contributed by atoms with van der Waals surface area (Å²) in [5.41, 5.74) is 6.84. The number of hydrogen-bond acceptors (Lipinski definition) is 2. The fourth-order valence-corrected chi connectivity index (χ4v) is 2.34. The van der Waals surface area contributed by atoms with Crippen molar-refractivity contribution in [2.24, 2.45) is 11.7 Å². The second-order valence-corrected chi connectivity index (χ2v) is 5.21. The summed E-state index contributed by atoms with van der Waals surface area (Å²) in [5, 5.41) is 3.06. The highest BCUT2D eigenvalue weighted by atomic mass is 16.1. The van der Waals surface area contributed by atoms with Gasteiger partial charge >= 0.3 is 0 Å². The van der Waals surface area contributed by atoms with Crippen molar-refractivity contribution in [2.45, 2.75) is 39.0 Å². The first kappa shape index (κ1) is 15.7. The lowest BCUT2D eigenvalue weighted by atomic mass is 9.75. The smallest absolute Gasteiger partial charge is 0.224 e. The van der Waals surface area contributed by atoms with E-state index in [-0.39, 0.29) is 17.2 Å². The summed E-state index contributed by atoms with van der Waals surface area (Å²) in [6.45, 7) is 7.27. The van der Waals surface area contributed by atoms with Crippen LogP contribution < -0.4 is 11.1 Å². The fourth-order valence-electron chi connectivity index (χ4n) is 2.34. The van der Waals surface area contributed by atoms with Gasteiger partial charge in [-0.1, -0.05) is 51.1 Å². The van der Waals surface area contributed by atoms with Crippen LogP contribution in [0.3, 0.4) is 0 Å². The van der Waals surface area contributed by atoms with Crippen molar-refractivity contribution >= 4 is 5.91 Å². The Morgan fingerprint density at radius 3 is 2.32 bits per heavy atom. The first-order valence-electron chi connectivity index (χ1n) is 7.13. The summed E-state index contributed by atoms with van der Waals surface area (Å²) in [4.78, 5) is 11.9. The SMILES string of the molecule is CCC(CC)(CNC(=O)C(C)CN)c1ccccc1. The summed E-state index contributed by atoms with van der Waals surface area (Å²) >= 11 is 0. The quantitative estimate of drug-likeness (QED) is 0.793. The summed E-state index contributed by atoms with van der Waals surface area (Å²) in [7, 11) is 0. The molecule has 1 aromatic carbocycles. The molecular formula is C16H26N2O. The number of rotatable bonds is 7. The van der Waals surface area contributed by atoms with E-state index in [4.69, 9.17) is 5.73 Å². The molecule has 0 spiro atoms. The molecule has 0 aromatic heterocycles. The van der Waals surface area contributed by atoms with Crippen LogP contribution in [-0.4, -0.2) is 19.0 Å². The largest absolute Gasteiger partial charge is 0.355 e. The van der Waals surface area contributed by atoms with Gasteiger partial charge in [0.25, 0.3) is 0 Å². The minimum Gasteiger partial charge on any atom is -0.355 e. The van der Waals surface area contributed by atoms with E-state index in [1.165, 1.54) is 5.56 Å². The molecular weight excluding hydrogens is 236 g/mol. The van der Waals surface area contributed by atoms with Crippen molar-refractivity contribution in [3.8, 4) is 0 Å². The van der Waals surface area contributed by atoms with Crippen LogP contribution in [0, 0.1) is 5.92 Å². The molecule has 0 aliphatic heterocycles. The van der Waals surface area contributed by atoms with E-state index in [2.05, 4.69) is 43.4 Å². The monoisotopic (exact) mass is 262 g/mol. The van der Waals surface area contributed by atoms with Crippen LogP contribution in [0.15, 0.2) is 30.3 Å². The van der Waals surface area contributed by atoms with E-state index in [1.807, 2.05) is 13.0 Å². The molecule has 0 aliphatic carbocycles. The molecule has 3 N–H and O–H groups in total. The Hall–Kier alpha value is -1.35. The van der Waals surface area contributed by atoms with Crippen LogP contribution in [0.4, 0.5) is 0 Å². The molecule has 1 amide bonds. The lowest BCUT2D eigenvalue weighted by Crippen LogP contribution is -2.43. The molecule has 3 heteroatoms. The third kappa shape index (κ3) is 3.80. The molecule has 1 unspecified atom stereocenters. The lowest BCUT2D eigenvalue weighted by molar-refractivity contribution is -0.124. The molecule has 0 saturated carbocycles. The van der Waals surface area contributed by atoms with Crippen molar-refractivity contribution in [1.29, 1.82) is 0 Å². The van der Waals surface area contributed by atoms with Gasteiger partial charge in [0.1, 0.15) is 0 Å². The molecule has 0 bridgehead atoms. The van der Waals surface area contributed by atoms with Crippen LogP contribution in [0.5, 0.6) is 0 Å². The molecule has 0 saturated heterocycles. The van der Waals surface area contributed by atoms with E-state index < -0.39 is 0 Å². The molecule has 3 nitrogen and oxygen atoms in total. The Morgan fingerprint density at radius 1 is 1.26 bits per heavy atom. The number of benzene rings is 1. The predicted octanol–water partition coefficient (Wildman–Crippen LogP) is 2.46. The first-order chi connectivity index (χ1) is 9.09. The molecule has 1 atom stereocenters. The highest BCUT2D eigenvalue weighted by molar-refractivity contribution is 5.78. The summed E-state index contributed by atoms with van der Waals surface area (Å²) in [6.07, 6.45) is 2.01. The Balaban J connectivity index is 2.81. The molecule has 106 valence electrons. The molecule has 0 heterocycles. The predicted molar refractivity (Wildman–Crippen MR) is 79.9 cm³/mol.